The molecule has 15 heavy (non-hydrogen) atoms. The highest BCUT2D eigenvalue weighted by Gasteiger charge is 2.54. The van der Waals surface area contributed by atoms with Gasteiger partial charge < -0.3 is 14.8 Å². The molecule has 0 aromatic rings. The van der Waals surface area contributed by atoms with Crippen molar-refractivity contribution in [1.82, 2.24) is 5.32 Å². The number of amides is 1. The van der Waals surface area contributed by atoms with Crippen molar-refractivity contribution in [1.29, 1.82) is 0 Å². The molecule has 1 amide bonds. The molecule has 0 unspecified atom stereocenters. The van der Waals surface area contributed by atoms with Crippen LogP contribution >= 0.6 is 0 Å². The van der Waals surface area contributed by atoms with E-state index in [9.17, 15) is 4.79 Å². The minimum Gasteiger partial charge on any atom is -0.444 e. The molecule has 1 saturated carbocycles. The van der Waals surface area contributed by atoms with Gasteiger partial charge >= 0.3 is 6.09 Å². The molecular weight excluding hydrogens is 194 g/mol. The van der Waals surface area contributed by atoms with Gasteiger partial charge in [0.25, 0.3) is 0 Å². The molecule has 86 valence electrons. The monoisotopic (exact) mass is 213 g/mol. The van der Waals surface area contributed by atoms with Gasteiger partial charge in [-0.1, -0.05) is 0 Å². The summed E-state index contributed by atoms with van der Waals surface area (Å²) in [4.78, 5) is 11.5. The van der Waals surface area contributed by atoms with Crippen LogP contribution in [0.5, 0.6) is 0 Å². The molecule has 1 N–H and O–H groups in total. The number of rotatable bonds is 1. The van der Waals surface area contributed by atoms with E-state index in [0.29, 0.717) is 0 Å². The second-order valence-electron chi connectivity index (χ2n) is 5.40. The fourth-order valence-electron chi connectivity index (χ4n) is 2.01. The van der Waals surface area contributed by atoms with Gasteiger partial charge in [-0.25, -0.2) is 4.79 Å². The van der Waals surface area contributed by atoms with Crippen molar-refractivity contribution in [3.63, 3.8) is 0 Å². The number of hydrogen-bond acceptors (Lipinski definition) is 3. The van der Waals surface area contributed by atoms with E-state index in [1.807, 2.05) is 20.8 Å². The number of carbonyl (C=O) groups is 1. The molecule has 1 saturated heterocycles. The van der Waals surface area contributed by atoms with E-state index < -0.39 is 5.60 Å². The highest BCUT2D eigenvalue weighted by atomic mass is 16.6. The molecule has 0 radical (unpaired) electrons. The summed E-state index contributed by atoms with van der Waals surface area (Å²) >= 11 is 0. The molecule has 2 aliphatic rings. The topological polar surface area (TPSA) is 47.6 Å². The number of alkyl carbamates (subject to hydrolysis) is 1. The summed E-state index contributed by atoms with van der Waals surface area (Å²) in [5.41, 5.74) is -0.475. The van der Waals surface area contributed by atoms with Gasteiger partial charge in [-0.3, -0.25) is 0 Å². The summed E-state index contributed by atoms with van der Waals surface area (Å²) in [5.74, 6) is 0. The van der Waals surface area contributed by atoms with E-state index in [2.05, 4.69) is 5.32 Å². The fourth-order valence-corrected chi connectivity index (χ4v) is 2.01. The zero-order valence-corrected chi connectivity index (χ0v) is 9.63. The number of ether oxygens (including phenoxy) is 2. The van der Waals surface area contributed by atoms with Crippen molar-refractivity contribution >= 4 is 6.09 Å². The Balaban J connectivity index is 1.84. The van der Waals surface area contributed by atoms with E-state index in [4.69, 9.17) is 9.47 Å². The van der Waals surface area contributed by atoms with Crippen LogP contribution in [-0.2, 0) is 9.47 Å². The minimum absolute atomic E-state index is 0.0447. The van der Waals surface area contributed by atoms with Crippen LogP contribution in [0, 0.1) is 0 Å². The molecule has 0 bridgehead atoms. The Kier molecular flexibility index (Phi) is 2.41. The normalized spacial score (nSPS) is 27.8. The van der Waals surface area contributed by atoms with Crippen molar-refractivity contribution in [2.45, 2.75) is 57.3 Å². The van der Waals surface area contributed by atoms with Crippen LogP contribution in [0.3, 0.4) is 0 Å². The summed E-state index contributed by atoms with van der Waals surface area (Å²) in [6.45, 7) is 6.35. The summed E-state index contributed by atoms with van der Waals surface area (Å²) in [5, 5.41) is 2.90. The van der Waals surface area contributed by atoms with Gasteiger partial charge in [0.15, 0.2) is 0 Å². The SMILES string of the molecule is CC(C)(C)OC(=O)N[C@@H]1CCOC12CC2. The van der Waals surface area contributed by atoms with Crippen LogP contribution in [0.2, 0.25) is 0 Å². The standard InChI is InChI=1S/C11H19NO3/c1-10(2,3)15-9(13)12-8-4-7-14-11(8)5-6-11/h8H,4-7H2,1-3H3,(H,12,13)/t8-/m1/s1. The molecule has 1 spiro atoms. The first-order chi connectivity index (χ1) is 6.91. The molecular formula is C11H19NO3. The van der Waals surface area contributed by atoms with E-state index in [1.54, 1.807) is 0 Å². The van der Waals surface area contributed by atoms with Gasteiger partial charge in [0.1, 0.15) is 5.60 Å². The summed E-state index contributed by atoms with van der Waals surface area (Å²) in [6, 6.07) is 0.146. The van der Waals surface area contributed by atoms with Gasteiger partial charge in [0.05, 0.1) is 11.6 Å². The third kappa shape index (κ3) is 2.43. The summed E-state index contributed by atoms with van der Waals surface area (Å²) < 4.78 is 10.8. The lowest BCUT2D eigenvalue weighted by molar-refractivity contribution is 0.0407. The third-order valence-electron chi connectivity index (χ3n) is 2.86. The lowest BCUT2D eigenvalue weighted by Gasteiger charge is -2.23. The van der Waals surface area contributed by atoms with Crippen LogP contribution in [0.25, 0.3) is 0 Å². The van der Waals surface area contributed by atoms with Crippen molar-refractivity contribution in [3.8, 4) is 0 Å². The molecule has 1 heterocycles. The van der Waals surface area contributed by atoms with E-state index in [1.165, 1.54) is 0 Å². The Morgan fingerprint density at radius 2 is 2.13 bits per heavy atom. The predicted molar refractivity (Wildman–Crippen MR) is 55.7 cm³/mol. The van der Waals surface area contributed by atoms with E-state index in [-0.39, 0.29) is 17.7 Å². The lowest BCUT2D eigenvalue weighted by atomic mass is 10.1. The van der Waals surface area contributed by atoms with Gasteiger partial charge in [-0.15, -0.1) is 0 Å². The van der Waals surface area contributed by atoms with Gasteiger partial charge in [0.2, 0.25) is 0 Å². The van der Waals surface area contributed by atoms with Gasteiger partial charge in [-0.05, 0) is 40.0 Å². The van der Waals surface area contributed by atoms with Crippen LogP contribution in [0.15, 0.2) is 0 Å². The first kappa shape index (κ1) is 10.7. The van der Waals surface area contributed by atoms with Crippen molar-refractivity contribution < 1.29 is 14.3 Å². The number of carbonyl (C=O) groups excluding carboxylic acids is 1. The first-order valence-corrected chi connectivity index (χ1v) is 5.55. The molecule has 4 nitrogen and oxygen atoms in total. The molecule has 1 aliphatic carbocycles. The Bertz CT molecular complexity index is 265. The maximum atomic E-state index is 11.5. The van der Waals surface area contributed by atoms with Crippen LogP contribution in [0.1, 0.15) is 40.0 Å². The maximum Gasteiger partial charge on any atom is 0.407 e. The maximum absolute atomic E-state index is 11.5. The summed E-state index contributed by atoms with van der Waals surface area (Å²) in [7, 11) is 0. The molecule has 0 aromatic carbocycles. The fraction of sp³-hybridized carbons (Fsp3) is 0.909. The minimum atomic E-state index is -0.430. The quantitative estimate of drug-likeness (QED) is 0.723. The van der Waals surface area contributed by atoms with Crippen LogP contribution in [-0.4, -0.2) is 29.9 Å². The van der Waals surface area contributed by atoms with Crippen LogP contribution < -0.4 is 5.32 Å². The third-order valence-corrected chi connectivity index (χ3v) is 2.86. The number of hydrogen-bond donors (Lipinski definition) is 1. The van der Waals surface area contributed by atoms with Crippen molar-refractivity contribution in [2.24, 2.45) is 0 Å². The largest absolute Gasteiger partial charge is 0.444 e. The Morgan fingerprint density at radius 1 is 1.47 bits per heavy atom. The Hall–Kier alpha value is -0.770. The second-order valence-corrected chi connectivity index (χ2v) is 5.40. The zero-order valence-electron chi connectivity index (χ0n) is 9.63. The van der Waals surface area contributed by atoms with Gasteiger partial charge in [0, 0.05) is 6.61 Å². The van der Waals surface area contributed by atoms with Gasteiger partial charge in [-0.2, -0.15) is 0 Å². The highest BCUT2D eigenvalue weighted by Crippen LogP contribution is 2.47. The Labute approximate surface area is 90.3 Å². The molecule has 2 fully saturated rings. The average Bonchev–Trinajstić information content (AvgIpc) is 2.70. The molecule has 4 heteroatoms. The summed E-state index contributed by atoms with van der Waals surface area (Å²) in [6.07, 6.45) is 2.70. The molecule has 1 aliphatic heterocycles. The molecule has 0 aromatic heterocycles. The van der Waals surface area contributed by atoms with Crippen molar-refractivity contribution in [2.75, 3.05) is 6.61 Å². The Morgan fingerprint density at radius 3 is 2.67 bits per heavy atom. The smallest absolute Gasteiger partial charge is 0.407 e. The second kappa shape index (κ2) is 3.37. The molecule has 2 rings (SSSR count). The highest BCUT2D eigenvalue weighted by molar-refractivity contribution is 5.68. The van der Waals surface area contributed by atoms with E-state index in [0.717, 1.165) is 25.9 Å². The number of nitrogens with one attached hydrogen (secondary N) is 1. The van der Waals surface area contributed by atoms with E-state index >= 15 is 0 Å². The zero-order chi connectivity index (χ0) is 11.1. The predicted octanol–water partition coefficient (Wildman–Crippen LogP) is 1.83. The molecule has 1 atom stereocenters. The van der Waals surface area contributed by atoms with Crippen molar-refractivity contribution in [3.05, 3.63) is 0 Å². The average molecular weight is 213 g/mol. The first-order valence-electron chi connectivity index (χ1n) is 5.55. The van der Waals surface area contributed by atoms with Crippen LogP contribution in [0.4, 0.5) is 4.79 Å². The lowest BCUT2D eigenvalue weighted by Crippen LogP contribution is -2.44.